The van der Waals surface area contributed by atoms with Crippen LogP contribution < -0.4 is 4.74 Å². The van der Waals surface area contributed by atoms with Crippen molar-refractivity contribution in [2.75, 3.05) is 0 Å². The smallest absolute Gasteiger partial charge is 0.358 e. The van der Waals surface area contributed by atoms with Crippen LogP contribution in [0.25, 0.3) is 0 Å². The Labute approximate surface area is 115 Å². The number of ether oxygens (including phenoxy) is 1. The van der Waals surface area contributed by atoms with E-state index >= 15 is 0 Å². The molecule has 0 aliphatic carbocycles. The molecule has 0 radical (unpaired) electrons. The first kappa shape index (κ1) is 14.0. The van der Waals surface area contributed by atoms with Gasteiger partial charge >= 0.3 is 5.97 Å². The van der Waals surface area contributed by atoms with Crippen molar-refractivity contribution in [1.29, 1.82) is 0 Å². The Hall–Kier alpha value is -2.44. The SMILES string of the molecule is CC(C)(C)c1nc(COc2cccnc2C(=O)O)no1. The molecule has 0 fully saturated rings. The molecule has 0 spiro atoms. The zero-order valence-corrected chi connectivity index (χ0v) is 11.5. The fourth-order valence-corrected chi connectivity index (χ4v) is 1.43. The number of carboxylic acid groups (broad SMARTS) is 1. The van der Waals surface area contributed by atoms with Crippen LogP contribution in [0.4, 0.5) is 0 Å². The number of aromatic carboxylic acids is 1. The lowest BCUT2D eigenvalue weighted by molar-refractivity contribution is 0.0684. The third-order valence-electron chi connectivity index (χ3n) is 2.44. The van der Waals surface area contributed by atoms with Crippen molar-refractivity contribution < 1.29 is 19.2 Å². The minimum absolute atomic E-state index is 0.0194. The fraction of sp³-hybridized carbons (Fsp3) is 0.385. The Morgan fingerprint density at radius 3 is 2.80 bits per heavy atom. The van der Waals surface area contributed by atoms with Gasteiger partial charge in [0, 0.05) is 11.6 Å². The third kappa shape index (κ3) is 3.11. The molecule has 2 rings (SSSR count). The second kappa shape index (κ2) is 5.28. The zero-order valence-electron chi connectivity index (χ0n) is 11.5. The molecule has 2 aromatic rings. The molecule has 0 amide bonds. The van der Waals surface area contributed by atoms with Gasteiger partial charge in [0.25, 0.3) is 0 Å². The summed E-state index contributed by atoms with van der Waals surface area (Å²) in [6.45, 7) is 5.88. The molecule has 0 atom stereocenters. The maximum atomic E-state index is 11.0. The summed E-state index contributed by atoms with van der Waals surface area (Å²) in [5.74, 6) is -0.123. The highest BCUT2D eigenvalue weighted by atomic mass is 16.5. The first-order chi connectivity index (χ1) is 9.38. The Kier molecular flexibility index (Phi) is 3.69. The van der Waals surface area contributed by atoms with Crippen LogP contribution in [-0.4, -0.2) is 26.2 Å². The molecule has 7 nitrogen and oxygen atoms in total. The lowest BCUT2D eigenvalue weighted by Crippen LogP contribution is -2.12. The summed E-state index contributed by atoms with van der Waals surface area (Å²) in [4.78, 5) is 18.9. The van der Waals surface area contributed by atoms with Gasteiger partial charge in [-0.2, -0.15) is 4.98 Å². The molecule has 1 N–H and O–H groups in total. The quantitative estimate of drug-likeness (QED) is 0.912. The Morgan fingerprint density at radius 1 is 1.45 bits per heavy atom. The van der Waals surface area contributed by atoms with Gasteiger partial charge in [-0.15, -0.1) is 0 Å². The van der Waals surface area contributed by atoms with Gasteiger partial charge < -0.3 is 14.4 Å². The minimum Gasteiger partial charge on any atom is -0.483 e. The van der Waals surface area contributed by atoms with Crippen LogP contribution in [-0.2, 0) is 12.0 Å². The number of rotatable bonds is 4. The highest BCUT2D eigenvalue weighted by molar-refractivity contribution is 5.88. The minimum atomic E-state index is -1.15. The van der Waals surface area contributed by atoms with E-state index < -0.39 is 5.97 Å². The lowest BCUT2D eigenvalue weighted by atomic mass is 9.97. The van der Waals surface area contributed by atoms with Crippen molar-refractivity contribution in [3.05, 3.63) is 35.7 Å². The van der Waals surface area contributed by atoms with Crippen molar-refractivity contribution in [2.45, 2.75) is 32.8 Å². The van der Waals surface area contributed by atoms with Crippen molar-refractivity contribution >= 4 is 5.97 Å². The number of nitrogens with zero attached hydrogens (tertiary/aromatic N) is 3. The van der Waals surface area contributed by atoms with Gasteiger partial charge in [-0.05, 0) is 12.1 Å². The third-order valence-corrected chi connectivity index (χ3v) is 2.44. The average molecular weight is 277 g/mol. The van der Waals surface area contributed by atoms with Gasteiger partial charge in [0.1, 0.15) is 0 Å². The van der Waals surface area contributed by atoms with Gasteiger partial charge in [0.2, 0.25) is 11.7 Å². The molecule has 7 heteroatoms. The summed E-state index contributed by atoms with van der Waals surface area (Å²) in [6.07, 6.45) is 1.39. The predicted molar refractivity (Wildman–Crippen MR) is 68.5 cm³/mol. The largest absolute Gasteiger partial charge is 0.483 e. The van der Waals surface area contributed by atoms with E-state index in [1.54, 1.807) is 6.07 Å². The van der Waals surface area contributed by atoms with Crippen LogP contribution in [0.2, 0.25) is 0 Å². The van der Waals surface area contributed by atoms with Crippen LogP contribution in [0.1, 0.15) is 43.0 Å². The second-order valence-electron chi connectivity index (χ2n) is 5.21. The van der Waals surface area contributed by atoms with Gasteiger partial charge in [-0.25, -0.2) is 9.78 Å². The van der Waals surface area contributed by atoms with E-state index in [2.05, 4.69) is 15.1 Å². The van der Waals surface area contributed by atoms with Crippen molar-refractivity contribution in [3.8, 4) is 5.75 Å². The molecule has 2 aromatic heterocycles. The first-order valence-corrected chi connectivity index (χ1v) is 6.02. The topological polar surface area (TPSA) is 98.3 Å². The molecule has 0 aliphatic rings. The maximum absolute atomic E-state index is 11.0. The van der Waals surface area contributed by atoms with Gasteiger partial charge in [-0.3, -0.25) is 0 Å². The lowest BCUT2D eigenvalue weighted by Gasteiger charge is -2.10. The number of carboxylic acids is 1. The predicted octanol–water partition coefficient (Wildman–Crippen LogP) is 2.04. The average Bonchev–Trinajstić information content (AvgIpc) is 2.85. The summed E-state index contributed by atoms with van der Waals surface area (Å²) in [7, 11) is 0. The Balaban J connectivity index is 2.10. The van der Waals surface area contributed by atoms with Crippen LogP contribution >= 0.6 is 0 Å². The Morgan fingerprint density at radius 2 is 2.20 bits per heavy atom. The number of carbonyl (C=O) groups is 1. The molecule has 0 unspecified atom stereocenters. The molecular weight excluding hydrogens is 262 g/mol. The first-order valence-electron chi connectivity index (χ1n) is 6.02. The highest BCUT2D eigenvalue weighted by Crippen LogP contribution is 2.21. The summed E-state index contributed by atoms with van der Waals surface area (Å²) >= 11 is 0. The molecule has 0 aromatic carbocycles. The van der Waals surface area contributed by atoms with E-state index in [-0.39, 0.29) is 23.5 Å². The molecule has 0 saturated carbocycles. The van der Waals surface area contributed by atoms with E-state index in [4.69, 9.17) is 14.4 Å². The van der Waals surface area contributed by atoms with E-state index in [1.165, 1.54) is 12.3 Å². The van der Waals surface area contributed by atoms with Crippen molar-refractivity contribution in [1.82, 2.24) is 15.1 Å². The van der Waals surface area contributed by atoms with Gasteiger partial charge in [0.05, 0.1) is 0 Å². The molecule has 2 heterocycles. The van der Waals surface area contributed by atoms with E-state index in [0.29, 0.717) is 11.7 Å². The zero-order chi connectivity index (χ0) is 14.8. The van der Waals surface area contributed by atoms with Crippen LogP contribution in [0.5, 0.6) is 5.75 Å². The molecule has 20 heavy (non-hydrogen) atoms. The van der Waals surface area contributed by atoms with E-state index in [1.807, 2.05) is 20.8 Å². The fourth-order valence-electron chi connectivity index (χ4n) is 1.43. The number of hydrogen-bond donors (Lipinski definition) is 1. The number of pyridine rings is 1. The monoisotopic (exact) mass is 277 g/mol. The van der Waals surface area contributed by atoms with Gasteiger partial charge in [0.15, 0.2) is 18.1 Å². The van der Waals surface area contributed by atoms with Gasteiger partial charge in [-0.1, -0.05) is 25.9 Å². The van der Waals surface area contributed by atoms with E-state index in [0.717, 1.165) is 0 Å². The standard InChI is InChI=1S/C13H15N3O4/c1-13(2,3)12-15-9(16-20-12)7-19-8-5-4-6-14-10(8)11(17)18/h4-6H,7H2,1-3H3,(H,17,18). The number of hydrogen-bond acceptors (Lipinski definition) is 6. The molecule has 0 saturated heterocycles. The normalized spacial score (nSPS) is 11.3. The molecule has 0 bridgehead atoms. The molecule has 0 aliphatic heterocycles. The summed E-state index contributed by atoms with van der Waals surface area (Å²) in [5, 5.41) is 12.8. The van der Waals surface area contributed by atoms with Crippen LogP contribution in [0.3, 0.4) is 0 Å². The summed E-state index contributed by atoms with van der Waals surface area (Å²) in [5.41, 5.74) is -0.391. The summed E-state index contributed by atoms with van der Waals surface area (Å²) in [6, 6.07) is 3.12. The van der Waals surface area contributed by atoms with E-state index in [9.17, 15) is 4.79 Å². The molecule has 106 valence electrons. The Bertz CT molecular complexity index is 616. The number of aromatic nitrogens is 3. The maximum Gasteiger partial charge on any atom is 0.358 e. The molecular formula is C13H15N3O4. The van der Waals surface area contributed by atoms with Crippen molar-refractivity contribution in [3.63, 3.8) is 0 Å². The highest BCUT2D eigenvalue weighted by Gasteiger charge is 2.22. The summed E-state index contributed by atoms with van der Waals surface area (Å²) < 4.78 is 10.5. The van der Waals surface area contributed by atoms with Crippen LogP contribution in [0.15, 0.2) is 22.9 Å². The van der Waals surface area contributed by atoms with Crippen LogP contribution in [0, 0.1) is 0 Å². The second-order valence-corrected chi connectivity index (χ2v) is 5.21. The van der Waals surface area contributed by atoms with Crippen molar-refractivity contribution in [2.24, 2.45) is 0 Å².